The first kappa shape index (κ1) is 10.1. The third kappa shape index (κ3) is 1.70. The summed E-state index contributed by atoms with van der Waals surface area (Å²) in [4.78, 5) is 4.54. The Bertz CT molecular complexity index is 593. The monoisotopic (exact) mass is 245 g/mol. The highest BCUT2D eigenvalue weighted by Gasteiger charge is 2.06. The van der Waals surface area contributed by atoms with Crippen LogP contribution in [0.5, 0.6) is 0 Å². The van der Waals surface area contributed by atoms with E-state index in [1.165, 1.54) is 15.8 Å². The zero-order valence-corrected chi connectivity index (χ0v) is 10.6. The molecule has 0 atom stereocenters. The molecule has 0 bridgehead atoms. The summed E-state index contributed by atoms with van der Waals surface area (Å²) in [5.41, 5.74) is 3.75. The van der Waals surface area contributed by atoms with Crippen LogP contribution in [0, 0.1) is 0 Å². The number of thiazole rings is 1. The van der Waals surface area contributed by atoms with Crippen LogP contribution in [-0.4, -0.2) is 11.2 Å². The Hall–Kier alpha value is -1.06. The Kier molecular flexibility index (Phi) is 2.58. The van der Waals surface area contributed by atoms with Crippen LogP contribution in [0.15, 0.2) is 40.8 Å². The number of allylic oxidation sites excluding steroid dienone is 4. The topological polar surface area (TPSA) is 12.9 Å². The van der Waals surface area contributed by atoms with Crippen molar-refractivity contribution in [3.63, 3.8) is 0 Å². The molecule has 3 rings (SSSR count). The standard InChI is InChI=1S/C13H11NS2/c1-15-13-14-11-7-6-10(8-12(11)16-13)9-4-2-3-5-9/h2,4-8H,3H2,1H3. The molecular formula is C13H11NS2. The van der Waals surface area contributed by atoms with Crippen LogP contribution in [0.2, 0.25) is 0 Å². The van der Waals surface area contributed by atoms with E-state index in [1.807, 2.05) is 0 Å². The van der Waals surface area contributed by atoms with E-state index >= 15 is 0 Å². The van der Waals surface area contributed by atoms with Gasteiger partial charge in [0.25, 0.3) is 0 Å². The minimum atomic E-state index is 1.06. The summed E-state index contributed by atoms with van der Waals surface area (Å²) in [6.07, 6.45) is 9.78. The largest absolute Gasteiger partial charge is 0.230 e. The number of fused-ring (bicyclic) bond motifs is 1. The highest BCUT2D eigenvalue weighted by Crippen LogP contribution is 2.31. The van der Waals surface area contributed by atoms with Gasteiger partial charge in [0.15, 0.2) is 4.34 Å². The molecule has 1 nitrogen and oxygen atoms in total. The van der Waals surface area contributed by atoms with Crippen molar-refractivity contribution in [3.8, 4) is 0 Å². The maximum Gasteiger partial charge on any atom is 0.150 e. The molecule has 80 valence electrons. The third-order valence-corrected chi connectivity index (χ3v) is 4.65. The number of hydrogen-bond donors (Lipinski definition) is 0. The van der Waals surface area contributed by atoms with Gasteiger partial charge in [0.1, 0.15) is 0 Å². The Morgan fingerprint density at radius 3 is 3.06 bits per heavy atom. The van der Waals surface area contributed by atoms with Gasteiger partial charge in [-0.2, -0.15) is 0 Å². The average molecular weight is 245 g/mol. The zero-order valence-electron chi connectivity index (χ0n) is 8.93. The fraction of sp³-hybridized carbons (Fsp3) is 0.154. The lowest BCUT2D eigenvalue weighted by Gasteiger charge is -1.98. The first-order chi connectivity index (χ1) is 7.86. The minimum absolute atomic E-state index is 1.06. The lowest BCUT2D eigenvalue weighted by atomic mass is 10.1. The molecule has 1 aromatic heterocycles. The predicted octanol–water partition coefficient (Wildman–Crippen LogP) is 4.36. The number of benzene rings is 1. The second kappa shape index (κ2) is 4.07. The van der Waals surface area contributed by atoms with Crippen molar-refractivity contribution < 1.29 is 0 Å². The molecule has 3 heteroatoms. The van der Waals surface area contributed by atoms with E-state index in [0.29, 0.717) is 0 Å². The van der Waals surface area contributed by atoms with Crippen LogP contribution in [0.25, 0.3) is 15.8 Å². The van der Waals surface area contributed by atoms with Gasteiger partial charge < -0.3 is 0 Å². The molecule has 0 spiro atoms. The van der Waals surface area contributed by atoms with Crippen LogP contribution in [-0.2, 0) is 0 Å². The summed E-state index contributed by atoms with van der Waals surface area (Å²) in [7, 11) is 0. The average Bonchev–Trinajstić information content (AvgIpc) is 2.96. The minimum Gasteiger partial charge on any atom is -0.230 e. The van der Waals surface area contributed by atoms with Crippen LogP contribution in [0.1, 0.15) is 12.0 Å². The molecule has 0 radical (unpaired) electrons. The van der Waals surface area contributed by atoms with E-state index in [1.54, 1.807) is 23.1 Å². The molecule has 1 heterocycles. The van der Waals surface area contributed by atoms with Gasteiger partial charge in [0.2, 0.25) is 0 Å². The van der Waals surface area contributed by atoms with Gasteiger partial charge in [-0.3, -0.25) is 0 Å². The fourth-order valence-electron chi connectivity index (χ4n) is 1.84. The van der Waals surface area contributed by atoms with Crippen LogP contribution < -0.4 is 0 Å². The van der Waals surface area contributed by atoms with E-state index in [4.69, 9.17) is 0 Å². The summed E-state index contributed by atoms with van der Waals surface area (Å²) < 4.78 is 2.42. The molecule has 1 aliphatic carbocycles. The lowest BCUT2D eigenvalue weighted by molar-refractivity contribution is 1.31. The van der Waals surface area contributed by atoms with Crippen molar-refractivity contribution >= 4 is 38.9 Å². The zero-order chi connectivity index (χ0) is 11.0. The fourth-order valence-corrected chi connectivity index (χ4v) is 3.37. The van der Waals surface area contributed by atoms with E-state index in [9.17, 15) is 0 Å². The molecule has 0 aliphatic heterocycles. The number of hydrogen-bond acceptors (Lipinski definition) is 3. The highest BCUT2D eigenvalue weighted by molar-refractivity contribution is 8.00. The van der Waals surface area contributed by atoms with Crippen LogP contribution >= 0.6 is 23.1 Å². The maximum absolute atomic E-state index is 4.54. The van der Waals surface area contributed by atoms with Gasteiger partial charge in [0, 0.05) is 0 Å². The molecule has 2 aromatic rings. The molecule has 0 fully saturated rings. The molecule has 0 N–H and O–H groups in total. The molecular weight excluding hydrogens is 234 g/mol. The Balaban J connectivity index is 2.11. The number of nitrogens with zero attached hydrogens (tertiary/aromatic N) is 1. The highest BCUT2D eigenvalue weighted by atomic mass is 32.2. The second-order valence-electron chi connectivity index (χ2n) is 3.66. The van der Waals surface area contributed by atoms with Gasteiger partial charge in [-0.1, -0.05) is 36.1 Å². The van der Waals surface area contributed by atoms with Gasteiger partial charge in [0.05, 0.1) is 10.2 Å². The van der Waals surface area contributed by atoms with Crippen molar-refractivity contribution in [1.82, 2.24) is 4.98 Å². The summed E-state index contributed by atoms with van der Waals surface area (Å²) >= 11 is 3.48. The molecule has 0 saturated heterocycles. The van der Waals surface area contributed by atoms with Crippen molar-refractivity contribution in [2.45, 2.75) is 10.8 Å². The third-order valence-electron chi connectivity index (χ3n) is 2.65. The molecule has 1 aromatic carbocycles. The maximum atomic E-state index is 4.54. The summed E-state index contributed by atoms with van der Waals surface area (Å²) in [5, 5.41) is 0. The first-order valence-corrected chi connectivity index (χ1v) is 7.22. The molecule has 0 amide bonds. The summed E-state index contributed by atoms with van der Waals surface area (Å²) in [6, 6.07) is 6.52. The lowest BCUT2D eigenvalue weighted by Crippen LogP contribution is -1.78. The number of thioether (sulfide) groups is 1. The molecule has 16 heavy (non-hydrogen) atoms. The smallest absolute Gasteiger partial charge is 0.150 e. The SMILES string of the molecule is CSc1nc2ccc(C3=CCC=C3)cc2s1. The van der Waals surface area contributed by atoms with Crippen molar-refractivity contribution in [2.75, 3.05) is 6.26 Å². The van der Waals surface area contributed by atoms with Crippen LogP contribution in [0.3, 0.4) is 0 Å². The normalized spacial score (nSPS) is 14.7. The molecule has 0 unspecified atom stereocenters. The Labute approximate surface area is 103 Å². The van der Waals surface area contributed by atoms with E-state index in [-0.39, 0.29) is 0 Å². The second-order valence-corrected chi connectivity index (χ2v) is 5.75. The summed E-state index contributed by atoms with van der Waals surface area (Å²) in [6.45, 7) is 0. The molecule has 0 saturated carbocycles. The van der Waals surface area contributed by atoms with E-state index in [0.717, 1.165) is 16.3 Å². The summed E-state index contributed by atoms with van der Waals surface area (Å²) in [5.74, 6) is 0. The van der Waals surface area contributed by atoms with E-state index in [2.05, 4.69) is 47.7 Å². The van der Waals surface area contributed by atoms with Crippen molar-refractivity contribution in [3.05, 3.63) is 42.0 Å². The molecule has 1 aliphatic rings. The first-order valence-electron chi connectivity index (χ1n) is 5.18. The van der Waals surface area contributed by atoms with E-state index < -0.39 is 0 Å². The predicted molar refractivity (Wildman–Crippen MR) is 73.1 cm³/mol. The van der Waals surface area contributed by atoms with Gasteiger partial charge >= 0.3 is 0 Å². The number of rotatable bonds is 2. The Morgan fingerprint density at radius 1 is 1.38 bits per heavy atom. The van der Waals surface area contributed by atoms with Gasteiger partial charge in [-0.25, -0.2) is 4.98 Å². The Morgan fingerprint density at radius 2 is 2.31 bits per heavy atom. The van der Waals surface area contributed by atoms with Crippen molar-refractivity contribution in [1.29, 1.82) is 0 Å². The van der Waals surface area contributed by atoms with Gasteiger partial charge in [-0.15, -0.1) is 11.3 Å². The van der Waals surface area contributed by atoms with Crippen LogP contribution in [0.4, 0.5) is 0 Å². The van der Waals surface area contributed by atoms with Crippen molar-refractivity contribution in [2.24, 2.45) is 0 Å². The quantitative estimate of drug-likeness (QED) is 0.729. The van der Waals surface area contributed by atoms with Gasteiger partial charge in [-0.05, 0) is 35.9 Å². The number of aromatic nitrogens is 1.